The van der Waals surface area contributed by atoms with Crippen LogP contribution in [0.4, 0.5) is 8.78 Å². The highest BCUT2D eigenvalue weighted by Gasteiger charge is 2.09. The number of benzene rings is 1. The minimum absolute atomic E-state index is 0.0726. The zero-order chi connectivity index (χ0) is 15.2. The third-order valence-electron chi connectivity index (χ3n) is 2.78. The second-order valence-electron chi connectivity index (χ2n) is 5.71. The maximum atomic E-state index is 12.1. The van der Waals surface area contributed by atoms with Crippen molar-refractivity contribution in [2.24, 2.45) is 0 Å². The number of hydrogen-bond acceptors (Lipinski definition) is 2. The molecule has 0 saturated carbocycles. The number of hydrogen-bond donors (Lipinski definition) is 1. The Hall–Kier alpha value is -1.42. The first-order valence-electron chi connectivity index (χ1n) is 6.79. The van der Waals surface area contributed by atoms with Gasteiger partial charge in [-0.3, -0.25) is 0 Å². The Labute approximate surface area is 119 Å². The van der Waals surface area contributed by atoms with E-state index in [-0.39, 0.29) is 11.3 Å². The number of ether oxygens (including phenoxy) is 1. The summed E-state index contributed by atoms with van der Waals surface area (Å²) in [6.45, 7) is 6.50. The molecule has 1 aromatic rings. The van der Waals surface area contributed by atoms with E-state index in [1.54, 1.807) is 24.3 Å². The van der Waals surface area contributed by atoms with Crippen molar-refractivity contribution in [2.75, 3.05) is 6.54 Å². The van der Waals surface area contributed by atoms with E-state index < -0.39 is 6.61 Å². The molecule has 1 aromatic carbocycles. The van der Waals surface area contributed by atoms with Crippen LogP contribution in [0.25, 0.3) is 6.08 Å². The van der Waals surface area contributed by atoms with E-state index in [1.807, 2.05) is 0 Å². The lowest BCUT2D eigenvalue weighted by Crippen LogP contribution is -2.36. The fourth-order valence-electron chi connectivity index (χ4n) is 1.64. The average molecular weight is 283 g/mol. The van der Waals surface area contributed by atoms with Crippen LogP contribution in [0.5, 0.6) is 5.75 Å². The highest BCUT2D eigenvalue weighted by Crippen LogP contribution is 2.17. The van der Waals surface area contributed by atoms with E-state index in [0.29, 0.717) is 0 Å². The van der Waals surface area contributed by atoms with Gasteiger partial charge in [-0.15, -0.1) is 0 Å². The molecule has 0 bridgehead atoms. The lowest BCUT2D eigenvalue weighted by Gasteiger charge is -2.21. The maximum Gasteiger partial charge on any atom is 0.387 e. The predicted octanol–water partition coefficient (Wildman–Crippen LogP) is 4.47. The summed E-state index contributed by atoms with van der Waals surface area (Å²) in [5, 5.41) is 3.44. The molecule has 0 heterocycles. The van der Waals surface area contributed by atoms with Crippen LogP contribution in [0, 0.1) is 0 Å². The Morgan fingerprint density at radius 1 is 1.25 bits per heavy atom. The summed E-state index contributed by atoms with van der Waals surface area (Å²) in [6.07, 6.45) is 3.02. The minimum atomic E-state index is -2.78. The van der Waals surface area contributed by atoms with Gasteiger partial charge in [0.15, 0.2) is 0 Å². The predicted molar refractivity (Wildman–Crippen MR) is 79.1 cm³/mol. The molecular weight excluding hydrogens is 260 g/mol. The summed E-state index contributed by atoms with van der Waals surface area (Å²) in [4.78, 5) is 0. The van der Waals surface area contributed by atoms with Gasteiger partial charge in [-0.05, 0) is 44.9 Å². The van der Waals surface area contributed by atoms with E-state index in [2.05, 4.69) is 43.8 Å². The second kappa shape index (κ2) is 7.39. The summed E-state index contributed by atoms with van der Waals surface area (Å²) in [5.41, 5.74) is 2.32. The van der Waals surface area contributed by atoms with Crippen LogP contribution in [0.15, 0.2) is 29.8 Å². The molecule has 0 spiro atoms. The first-order valence-corrected chi connectivity index (χ1v) is 6.79. The summed E-state index contributed by atoms with van der Waals surface area (Å²) >= 11 is 0. The molecule has 2 nitrogen and oxygen atoms in total. The highest BCUT2D eigenvalue weighted by atomic mass is 19.3. The maximum absolute atomic E-state index is 12.1. The van der Waals surface area contributed by atoms with Gasteiger partial charge in [-0.1, -0.05) is 30.7 Å². The summed E-state index contributed by atoms with van der Waals surface area (Å²) in [5.74, 6) is 0.183. The standard InChI is InChI=1S/C16H23F2NO/c1-5-12(11-19-16(2,3)4)10-13-6-8-14(9-7-13)20-15(17)18/h6-10,15,19H,5,11H2,1-4H3. The van der Waals surface area contributed by atoms with Crippen molar-refractivity contribution in [2.45, 2.75) is 46.3 Å². The topological polar surface area (TPSA) is 21.3 Å². The molecule has 1 rings (SSSR count). The molecular formula is C16H23F2NO. The monoisotopic (exact) mass is 283 g/mol. The Morgan fingerprint density at radius 2 is 1.85 bits per heavy atom. The van der Waals surface area contributed by atoms with Gasteiger partial charge in [0.1, 0.15) is 5.75 Å². The Bertz CT molecular complexity index is 433. The van der Waals surface area contributed by atoms with Crippen LogP contribution in [-0.2, 0) is 0 Å². The van der Waals surface area contributed by atoms with Crippen LogP contribution >= 0.6 is 0 Å². The molecule has 0 unspecified atom stereocenters. The molecule has 0 aromatic heterocycles. The average Bonchev–Trinajstić information content (AvgIpc) is 2.34. The number of halogens is 2. The van der Waals surface area contributed by atoms with Crippen molar-refractivity contribution in [1.29, 1.82) is 0 Å². The molecule has 0 saturated heterocycles. The van der Waals surface area contributed by atoms with Crippen LogP contribution < -0.4 is 10.1 Å². The van der Waals surface area contributed by atoms with E-state index in [4.69, 9.17) is 0 Å². The molecule has 1 N–H and O–H groups in total. The second-order valence-corrected chi connectivity index (χ2v) is 5.71. The van der Waals surface area contributed by atoms with Crippen molar-refractivity contribution >= 4 is 6.08 Å². The molecule has 0 fully saturated rings. The van der Waals surface area contributed by atoms with Crippen molar-refractivity contribution in [3.63, 3.8) is 0 Å². The van der Waals surface area contributed by atoms with Gasteiger partial charge in [0, 0.05) is 12.1 Å². The first kappa shape index (κ1) is 16.6. The SMILES string of the molecule is CCC(=Cc1ccc(OC(F)F)cc1)CNC(C)(C)C. The molecule has 0 radical (unpaired) electrons. The molecule has 0 aliphatic heterocycles. The molecule has 112 valence electrons. The van der Waals surface area contributed by atoms with Gasteiger partial charge < -0.3 is 10.1 Å². The van der Waals surface area contributed by atoms with E-state index in [9.17, 15) is 8.78 Å². The van der Waals surface area contributed by atoms with E-state index >= 15 is 0 Å². The molecule has 0 aliphatic carbocycles. The van der Waals surface area contributed by atoms with Gasteiger partial charge in [-0.2, -0.15) is 8.78 Å². The van der Waals surface area contributed by atoms with Gasteiger partial charge in [0.2, 0.25) is 0 Å². The number of alkyl halides is 2. The number of rotatable bonds is 6. The third-order valence-corrected chi connectivity index (χ3v) is 2.78. The quantitative estimate of drug-likeness (QED) is 0.831. The largest absolute Gasteiger partial charge is 0.435 e. The van der Waals surface area contributed by atoms with Crippen LogP contribution in [-0.4, -0.2) is 18.7 Å². The molecule has 0 amide bonds. The van der Waals surface area contributed by atoms with Gasteiger partial charge in [-0.25, -0.2) is 0 Å². The molecule has 0 atom stereocenters. The normalized spacial score (nSPS) is 12.8. The van der Waals surface area contributed by atoms with Crippen molar-refractivity contribution in [3.8, 4) is 5.75 Å². The lowest BCUT2D eigenvalue weighted by molar-refractivity contribution is -0.0498. The summed E-state index contributed by atoms with van der Waals surface area (Å²) in [6, 6.07) is 6.68. The summed E-state index contributed by atoms with van der Waals surface area (Å²) in [7, 11) is 0. The van der Waals surface area contributed by atoms with Crippen molar-refractivity contribution in [1.82, 2.24) is 5.32 Å². The first-order chi connectivity index (χ1) is 9.30. The Morgan fingerprint density at radius 3 is 2.30 bits per heavy atom. The molecule has 4 heteroatoms. The van der Waals surface area contributed by atoms with Crippen LogP contribution in [0.3, 0.4) is 0 Å². The Kier molecular flexibility index (Phi) is 6.14. The van der Waals surface area contributed by atoms with E-state index in [0.717, 1.165) is 18.5 Å². The third kappa shape index (κ3) is 6.66. The van der Waals surface area contributed by atoms with Crippen molar-refractivity contribution in [3.05, 3.63) is 35.4 Å². The van der Waals surface area contributed by atoms with Crippen LogP contribution in [0.1, 0.15) is 39.7 Å². The van der Waals surface area contributed by atoms with Crippen LogP contribution in [0.2, 0.25) is 0 Å². The lowest BCUT2D eigenvalue weighted by atomic mass is 10.1. The van der Waals surface area contributed by atoms with Gasteiger partial charge in [0.25, 0.3) is 0 Å². The van der Waals surface area contributed by atoms with Crippen molar-refractivity contribution < 1.29 is 13.5 Å². The fraction of sp³-hybridized carbons (Fsp3) is 0.500. The highest BCUT2D eigenvalue weighted by molar-refractivity contribution is 5.54. The van der Waals surface area contributed by atoms with Gasteiger partial charge >= 0.3 is 6.61 Å². The zero-order valence-corrected chi connectivity index (χ0v) is 12.5. The van der Waals surface area contributed by atoms with Gasteiger partial charge in [0.05, 0.1) is 0 Å². The zero-order valence-electron chi connectivity index (χ0n) is 12.5. The molecule has 0 aliphatic rings. The minimum Gasteiger partial charge on any atom is -0.435 e. The number of nitrogens with one attached hydrogen (secondary N) is 1. The Balaban J connectivity index is 2.70. The van der Waals surface area contributed by atoms with E-state index in [1.165, 1.54) is 5.57 Å². The molecule has 20 heavy (non-hydrogen) atoms. The smallest absolute Gasteiger partial charge is 0.387 e. The fourth-order valence-corrected chi connectivity index (χ4v) is 1.64. The summed E-state index contributed by atoms with van der Waals surface area (Å²) < 4.78 is 28.4.